The Kier molecular flexibility index (Phi) is 6.19. The van der Waals surface area contributed by atoms with Crippen molar-refractivity contribution in [1.29, 1.82) is 0 Å². The molecule has 2 aliphatic rings. The number of hydrogen-bond acceptors (Lipinski definition) is 1. The predicted octanol–water partition coefficient (Wildman–Crippen LogP) is 3.19. The first-order valence-corrected chi connectivity index (χ1v) is 4.97. The standard InChI is InChI=1S/C10H12F4O.5Rf/c11-9(5-8(15)10(12,13)14)4-6-1-2-7(9)3-6;;;;;/h3,6-7,15H,1-2,4-5H2;;;;;/q-2;;;;;. The van der Waals surface area contributed by atoms with Gasteiger partial charge in [-0.15, -0.1) is 12.3 Å². The fourth-order valence-electron chi connectivity index (χ4n) is 2.68. The first-order chi connectivity index (χ1) is 6.81. The summed E-state index contributed by atoms with van der Waals surface area (Å²) in [6, 6.07) is 0. The van der Waals surface area contributed by atoms with Crippen molar-refractivity contribution in [1.82, 2.24) is 0 Å². The van der Waals surface area contributed by atoms with Crippen molar-refractivity contribution in [3.8, 4) is 0 Å². The molecule has 0 spiro atoms. The van der Waals surface area contributed by atoms with Crippen LogP contribution < -0.4 is 0 Å². The van der Waals surface area contributed by atoms with Crippen LogP contribution in [-0.2, 0) is 0 Å². The monoisotopic (exact) mass is 1560 g/mol. The van der Waals surface area contributed by atoms with Crippen LogP contribution in [0.2, 0.25) is 0 Å². The molecule has 10 heteroatoms. The topological polar surface area (TPSA) is 20.2 Å². The van der Waals surface area contributed by atoms with Crippen molar-refractivity contribution in [2.45, 2.75) is 37.5 Å². The number of halogens is 4. The van der Waals surface area contributed by atoms with Gasteiger partial charge >= 0.3 is 0 Å². The third kappa shape index (κ3) is 2.62. The number of aliphatic hydroxyl groups excluding tert-OH is 1. The Labute approximate surface area is 85.5 Å². The van der Waals surface area contributed by atoms with Gasteiger partial charge in [-0.2, -0.15) is 5.92 Å². The van der Waals surface area contributed by atoms with E-state index in [1.165, 1.54) is 0 Å². The van der Waals surface area contributed by atoms with Gasteiger partial charge in [0.05, 0.1) is 5.67 Å². The van der Waals surface area contributed by atoms with E-state index in [0.29, 0.717) is 6.42 Å². The van der Waals surface area contributed by atoms with Crippen LogP contribution >= 0.6 is 0 Å². The second kappa shape index (κ2) is 5.14. The van der Waals surface area contributed by atoms with E-state index in [-0.39, 0.29) is 12.3 Å². The summed E-state index contributed by atoms with van der Waals surface area (Å²) in [6.45, 7) is 0. The van der Waals surface area contributed by atoms with Crippen molar-refractivity contribution in [2.75, 3.05) is 0 Å². The van der Waals surface area contributed by atoms with Crippen LogP contribution in [0, 0.1) is 24.4 Å². The SMILES string of the molecule is O[C-](CC1(F)CC2[CH-]C1CC2)C(F)(F)F.[Rf].[Rf].[Rf].[Rf].[Rf]. The van der Waals surface area contributed by atoms with Gasteiger partial charge in [0.15, 0.2) is 0 Å². The molecule has 0 aromatic carbocycles. The number of aliphatic hydroxyl groups is 1. The van der Waals surface area contributed by atoms with Gasteiger partial charge in [-0.25, -0.2) is 17.6 Å². The van der Waals surface area contributed by atoms with Crippen molar-refractivity contribution in [3.05, 3.63) is 12.5 Å². The molecule has 0 amide bonds. The first-order valence-electron chi connectivity index (χ1n) is 4.97. The predicted molar refractivity (Wildman–Crippen MR) is 44.8 cm³/mol. The van der Waals surface area contributed by atoms with Gasteiger partial charge in [-0.1, -0.05) is 18.9 Å². The van der Waals surface area contributed by atoms with E-state index in [2.05, 4.69) is 0 Å². The summed E-state index contributed by atoms with van der Waals surface area (Å²) in [4.78, 5) is 0. The van der Waals surface area contributed by atoms with E-state index in [1.54, 1.807) is 6.42 Å². The number of hydrogen-bond donors (Lipinski definition) is 1. The minimum absolute atomic E-state index is 0. The number of alkyl halides is 4. The molecule has 2 rings (SSSR count). The molecule has 2 aliphatic carbocycles. The van der Waals surface area contributed by atoms with Crippen LogP contribution in [0.25, 0.3) is 0 Å². The average molecular weight is 1560 g/mol. The molecule has 3 atom stereocenters. The maximum absolute atomic E-state index is 14.1. The molecular formula is C10H12F4ORf5-2. The van der Waals surface area contributed by atoms with Gasteiger partial charge in [-0.3, -0.25) is 0 Å². The number of fused-ring (bicyclic) bond motifs is 2. The molecular weight excluding hydrogens is 1550 g/mol. The largest absolute Gasteiger partial charge is 0.554 e. The van der Waals surface area contributed by atoms with Crippen molar-refractivity contribution in [2.24, 2.45) is 11.8 Å². The Hall–Kier alpha value is -5.32. The smallest absolute Gasteiger partial charge is 0.294 e. The normalized spacial score (nSPS) is 30.3. The molecule has 2 bridgehead atoms. The van der Waals surface area contributed by atoms with Gasteiger partial charge in [0.1, 0.15) is 0 Å². The summed E-state index contributed by atoms with van der Waals surface area (Å²) >= 11 is 0. The molecule has 2 fully saturated rings. The Balaban J connectivity index is -0.000000256. The maximum Gasteiger partial charge on any atom is 0.294 e. The average Bonchev–Trinajstić information content (AvgIpc) is 2.60. The number of rotatable bonds is 2. The van der Waals surface area contributed by atoms with Gasteiger partial charge in [0, 0.05) is 0 Å². The summed E-state index contributed by atoms with van der Waals surface area (Å²) in [5.74, 6) is -0.312. The molecule has 98 valence electrons. The molecule has 0 heterocycles. The minimum Gasteiger partial charge on any atom is -0.554 e. The summed E-state index contributed by atoms with van der Waals surface area (Å²) in [5, 5.41) is 8.78. The molecule has 0 radical (unpaired) electrons. The molecule has 1 N–H and O–H groups in total. The molecule has 1 nitrogen and oxygen atoms in total. The van der Waals surface area contributed by atoms with Gasteiger partial charge in [-0.05, 0) is 6.42 Å². The van der Waals surface area contributed by atoms with Gasteiger partial charge in [0.2, 0.25) is 0 Å². The van der Waals surface area contributed by atoms with Crippen molar-refractivity contribution in [3.63, 3.8) is 0 Å². The van der Waals surface area contributed by atoms with Crippen LogP contribution in [0.5, 0.6) is 0 Å². The van der Waals surface area contributed by atoms with Gasteiger partial charge in [0.25, 0.3) is 6.18 Å². The third-order valence-electron chi connectivity index (χ3n) is 3.41. The van der Waals surface area contributed by atoms with Crippen molar-refractivity contribution >= 4 is 0 Å². The van der Waals surface area contributed by atoms with Crippen LogP contribution in [0.4, 0.5) is 17.6 Å². The quantitative estimate of drug-likeness (QED) is 0.334. The van der Waals surface area contributed by atoms with E-state index >= 15 is 0 Å². The van der Waals surface area contributed by atoms with Crippen LogP contribution in [0.15, 0.2) is 0 Å². The summed E-state index contributed by atoms with van der Waals surface area (Å²) < 4.78 is 50.2. The Morgan fingerprint density at radius 1 is 1.10 bits per heavy atom. The summed E-state index contributed by atoms with van der Waals surface area (Å²) in [6.07, 6.45) is -3.99. The fourth-order valence-corrected chi connectivity index (χ4v) is 2.68. The van der Waals surface area contributed by atoms with E-state index in [9.17, 15) is 17.6 Å². The molecule has 0 saturated heterocycles. The Morgan fingerprint density at radius 2 is 1.60 bits per heavy atom. The Morgan fingerprint density at radius 3 is 1.90 bits per heavy atom. The maximum atomic E-state index is 14.1. The van der Waals surface area contributed by atoms with Crippen LogP contribution in [0.3, 0.4) is 0 Å². The van der Waals surface area contributed by atoms with E-state index < -0.39 is 30.3 Å². The zero-order valence-electron chi connectivity index (χ0n) is 11.6. The van der Waals surface area contributed by atoms with Crippen LogP contribution in [-0.4, -0.2) is 17.0 Å². The molecule has 0 aliphatic heterocycles. The van der Waals surface area contributed by atoms with Crippen LogP contribution in [0.1, 0.15) is 25.7 Å². The molecule has 0 aromatic rings. The van der Waals surface area contributed by atoms with E-state index in [0.717, 1.165) is 6.42 Å². The van der Waals surface area contributed by atoms with E-state index in [4.69, 9.17) is 5.11 Å². The van der Waals surface area contributed by atoms with Crippen molar-refractivity contribution < 1.29 is 22.7 Å². The van der Waals surface area contributed by atoms with E-state index in [1.807, 2.05) is 0 Å². The Bertz CT molecular complexity index is 269. The second-order valence-electron chi connectivity index (χ2n) is 4.50. The summed E-state index contributed by atoms with van der Waals surface area (Å²) in [5.41, 5.74) is -1.87. The zero-order valence-corrected chi connectivity index (χ0v) is 43.6. The second-order valence-corrected chi connectivity index (χ2v) is 4.50. The zero-order chi connectivity index (χ0) is 11.3. The van der Waals surface area contributed by atoms with Gasteiger partial charge < -0.3 is 11.5 Å². The molecule has 0 aromatic heterocycles. The molecule has 3 unspecified atom stereocenters. The summed E-state index contributed by atoms with van der Waals surface area (Å²) in [7, 11) is 0. The first kappa shape index (κ1) is 24.1. The third-order valence-corrected chi connectivity index (χ3v) is 3.41. The molecule has 20 heavy (non-hydrogen) atoms. The minimum atomic E-state index is -4.79. The molecule has 2 saturated carbocycles. The fraction of sp³-hybridized carbons (Fsp3) is 0.800.